The second-order valence-electron chi connectivity index (χ2n) is 5.57. The molecule has 1 saturated heterocycles. The topological polar surface area (TPSA) is 86.2 Å². The van der Waals surface area contributed by atoms with Gasteiger partial charge in [-0.05, 0) is 35.9 Å². The lowest BCUT2D eigenvalue weighted by molar-refractivity contribution is 0.0277. The summed E-state index contributed by atoms with van der Waals surface area (Å²) in [6, 6.07) is 13.7. The summed E-state index contributed by atoms with van der Waals surface area (Å²) in [5.41, 5.74) is 2.47. The van der Waals surface area contributed by atoms with Crippen molar-refractivity contribution in [2.45, 2.75) is 6.10 Å². The van der Waals surface area contributed by atoms with Crippen LogP contribution in [0.4, 0.5) is 16.2 Å². The summed E-state index contributed by atoms with van der Waals surface area (Å²) in [6.07, 6.45) is -0.0390. The van der Waals surface area contributed by atoms with E-state index < -0.39 is 6.03 Å². The molecule has 128 valence electrons. The van der Waals surface area contributed by atoms with E-state index >= 15 is 0 Å². The standard InChI is InChI=1S/C18H17ClN4O2/c19-15-9-13(17-11-21-6-7-25-17)4-5-16(15)23-18(24)22-14-3-1-2-12(8-14)10-20/h1-5,8-9,17,21H,6-7,11H2,(H2,22,23,24)/t17-/m1/s1. The first kappa shape index (κ1) is 17.2. The van der Waals surface area contributed by atoms with Gasteiger partial charge in [0.25, 0.3) is 0 Å². The van der Waals surface area contributed by atoms with Crippen molar-refractivity contribution in [2.75, 3.05) is 30.3 Å². The first-order valence-electron chi connectivity index (χ1n) is 7.85. The molecule has 1 aliphatic heterocycles. The van der Waals surface area contributed by atoms with E-state index in [9.17, 15) is 4.79 Å². The van der Waals surface area contributed by atoms with Crippen molar-refractivity contribution in [1.29, 1.82) is 5.26 Å². The minimum atomic E-state index is -0.430. The first-order chi connectivity index (χ1) is 12.2. The van der Waals surface area contributed by atoms with Crippen molar-refractivity contribution in [1.82, 2.24) is 5.32 Å². The summed E-state index contributed by atoms with van der Waals surface area (Å²) in [4.78, 5) is 12.1. The highest BCUT2D eigenvalue weighted by Crippen LogP contribution is 2.28. The molecule has 0 bridgehead atoms. The average molecular weight is 357 g/mol. The molecule has 1 atom stereocenters. The number of carbonyl (C=O) groups is 1. The number of hydrogen-bond acceptors (Lipinski definition) is 4. The summed E-state index contributed by atoms with van der Waals surface area (Å²) < 4.78 is 5.69. The van der Waals surface area contributed by atoms with Crippen molar-refractivity contribution in [2.24, 2.45) is 0 Å². The molecule has 2 aromatic carbocycles. The summed E-state index contributed by atoms with van der Waals surface area (Å²) in [5, 5.41) is 18.0. The molecule has 0 spiro atoms. The zero-order chi connectivity index (χ0) is 17.6. The van der Waals surface area contributed by atoms with Crippen LogP contribution in [0.1, 0.15) is 17.2 Å². The smallest absolute Gasteiger partial charge is 0.323 e. The third-order valence-corrected chi connectivity index (χ3v) is 4.10. The maximum atomic E-state index is 12.1. The maximum absolute atomic E-state index is 12.1. The Kier molecular flexibility index (Phi) is 5.51. The Labute approximate surface area is 150 Å². The molecule has 1 aliphatic rings. The Hall–Kier alpha value is -2.59. The van der Waals surface area contributed by atoms with Crippen molar-refractivity contribution in [3.05, 3.63) is 58.6 Å². The number of halogens is 1. The molecule has 0 aliphatic carbocycles. The summed E-state index contributed by atoms with van der Waals surface area (Å²) in [7, 11) is 0. The fourth-order valence-electron chi connectivity index (χ4n) is 2.56. The van der Waals surface area contributed by atoms with Crippen LogP contribution in [-0.2, 0) is 4.74 Å². The third kappa shape index (κ3) is 4.48. The number of amides is 2. The number of nitriles is 1. The number of nitrogens with one attached hydrogen (secondary N) is 3. The summed E-state index contributed by atoms with van der Waals surface area (Å²) in [6.45, 7) is 2.24. The second-order valence-corrected chi connectivity index (χ2v) is 5.98. The van der Waals surface area contributed by atoms with E-state index in [1.807, 2.05) is 12.1 Å². The number of benzene rings is 2. The number of nitrogens with zero attached hydrogens (tertiary/aromatic N) is 1. The lowest BCUT2D eigenvalue weighted by Crippen LogP contribution is -2.33. The molecule has 2 aromatic rings. The summed E-state index contributed by atoms with van der Waals surface area (Å²) >= 11 is 6.28. The van der Waals surface area contributed by atoms with Gasteiger partial charge >= 0.3 is 6.03 Å². The van der Waals surface area contributed by atoms with E-state index in [1.165, 1.54) is 0 Å². The van der Waals surface area contributed by atoms with Gasteiger partial charge < -0.3 is 20.7 Å². The Morgan fingerprint density at radius 3 is 2.88 bits per heavy atom. The number of urea groups is 1. The van der Waals surface area contributed by atoms with Gasteiger partial charge in [-0.2, -0.15) is 5.26 Å². The first-order valence-corrected chi connectivity index (χ1v) is 8.23. The van der Waals surface area contributed by atoms with Gasteiger partial charge in [0.05, 0.1) is 35.1 Å². The minimum absolute atomic E-state index is 0.0390. The van der Waals surface area contributed by atoms with E-state index in [0.717, 1.165) is 18.7 Å². The van der Waals surface area contributed by atoms with Gasteiger partial charge in [0.15, 0.2) is 0 Å². The van der Waals surface area contributed by atoms with Crippen LogP contribution in [0, 0.1) is 11.3 Å². The quantitative estimate of drug-likeness (QED) is 0.785. The highest BCUT2D eigenvalue weighted by molar-refractivity contribution is 6.33. The number of rotatable bonds is 3. The van der Waals surface area contributed by atoms with Crippen molar-refractivity contribution >= 4 is 29.0 Å². The number of hydrogen-bond donors (Lipinski definition) is 3. The Balaban J connectivity index is 1.65. The van der Waals surface area contributed by atoms with E-state index in [-0.39, 0.29) is 6.10 Å². The molecular formula is C18H17ClN4O2. The van der Waals surface area contributed by atoms with Crippen LogP contribution in [0.2, 0.25) is 5.02 Å². The van der Waals surface area contributed by atoms with Gasteiger partial charge in [0.1, 0.15) is 0 Å². The normalized spacial score (nSPS) is 16.7. The fourth-order valence-corrected chi connectivity index (χ4v) is 2.80. The number of anilines is 2. The van der Waals surface area contributed by atoms with E-state index in [1.54, 1.807) is 36.4 Å². The minimum Gasteiger partial charge on any atom is -0.371 e. The molecule has 0 unspecified atom stereocenters. The Morgan fingerprint density at radius 1 is 1.28 bits per heavy atom. The summed E-state index contributed by atoms with van der Waals surface area (Å²) in [5.74, 6) is 0. The molecule has 1 heterocycles. The molecule has 0 aromatic heterocycles. The van der Waals surface area contributed by atoms with Crippen molar-refractivity contribution < 1.29 is 9.53 Å². The lowest BCUT2D eigenvalue weighted by atomic mass is 10.1. The van der Waals surface area contributed by atoms with Gasteiger partial charge in [-0.15, -0.1) is 0 Å². The SMILES string of the molecule is N#Cc1cccc(NC(=O)Nc2ccc([C@H]3CNCCO3)cc2Cl)c1. The van der Waals surface area contributed by atoms with Crippen molar-refractivity contribution in [3.63, 3.8) is 0 Å². The predicted molar refractivity (Wildman–Crippen MR) is 96.8 cm³/mol. The fraction of sp³-hybridized carbons (Fsp3) is 0.222. The highest BCUT2D eigenvalue weighted by Gasteiger charge is 2.17. The average Bonchev–Trinajstić information content (AvgIpc) is 2.64. The van der Waals surface area contributed by atoms with Crippen LogP contribution in [0.25, 0.3) is 0 Å². The molecule has 3 N–H and O–H groups in total. The van der Waals surface area contributed by atoms with E-state index in [0.29, 0.717) is 28.6 Å². The van der Waals surface area contributed by atoms with Crippen LogP contribution >= 0.6 is 11.6 Å². The van der Waals surface area contributed by atoms with E-state index in [2.05, 4.69) is 16.0 Å². The molecule has 3 rings (SSSR count). The van der Waals surface area contributed by atoms with Crippen molar-refractivity contribution in [3.8, 4) is 6.07 Å². The van der Waals surface area contributed by atoms with Crippen LogP contribution in [0.5, 0.6) is 0 Å². The molecule has 25 heavy (non-hydrogen) atoms. The third-order valence-electron chi connectivity index (χ3n) is 3.79. The second kappa shape index (κ2) is 7.99. The Morgan fingerprint density at radius 2 is 2.16 bits per heavy atom. The van der Waals surface area contributed by atoms with E-state index in [4.69, 9.17) is 21.6 Å². The molecule has 0 saturated carbocycles. The van der Waals surface area contributed by atoms with Gasteiger partial charge in [0.2, 0.25) is 0 Å². The van der Waals surface area contributed by atoms with Gasteiger partial charge in [-0.25, -0.2) is 4.79 Å². The Bertz CT molecular complexity index is 813. The van der Waals surface area contributed by atoms with Gasteiger partial charge in [-0.1, -0.05) is 23.7 Å². The molecule has 2 amide bonds. The van der Waals surface area contributed by atoms with Gasteiger partial charge in [-0.3, -0.25) is 0 Å². The maximum Gasteiger partial charge on any atom is 0.323 e. The van der Waals surface area contributed by atoms with Crippen LogP contribution in [-0.4, -0.2) is 25.7 Å². The van der Waals surface area contributed by atoms with Crippen LogP contribution < -0.4 is 16.0 Å². The number of ether oxygens (including phenoxy) is 1. The molecule has 1 fully saturated rings. The highest BCUT2D eigenvalue weighted by atomic mass is 35.5. The zero-order valence-corrected chi connectivity index (χ0v) is 14.1. The monoisotopic (exact) mass is 356 g/mol. The zero-order valence-electron chi connectivity index (χ0n) is 13.4. The largest absolute Gasteiger partial charge is 0.371 e. The van der Waals surface area contributed by atoms with Crippen LogP contribution in [0.3, 0.4) is 0 Å². The van der Waals surface area contributed by atoms with Crippen LogP contribution in [0.15, 0.2) is 42.5 Å². The molecule has 6 nitrogen and oxygen atoms in total. The lowest BCUT2D eigenvalue weighted by Gasteiger charge is -2.24. The number of morpholine rings is 1. The molecular weight excluding hydrogens is 340 g/mol. The number of carbonyl (C=O) groups excluding carboxylic acids is 1. The molecule has 0 radical (unpaired) electrons. The predicted octanol–water partition coefficient (Wildman–Crippen LogP) is 3.52. The van der Waals surface area contributed by atoms with Gasteiger partial charge in [0, 0.05) is 18.8 Å². The molecule has 7 heteroatoms.